The quantitative estimate of drug-likeness (QED) is 0.919. The van der Waals surface area contributed by atoms with Crippen LogP contribution in [0.4, 0.5) is 0 Å². The Bertz CT molecular complexity index is 381. The summed E-state index contributed by atoms with van der Waals surface area (Å²) in [7, 11) is 0. The molecule has 1 aromatic heterocycles. The highest BCUT2D eigenvalue weighted by Gasteiger charge is 2.26. The molecule has 1 aromatic rings. The molecule has 1 saturated heterocycles. The second kappa shape index (κ2) is 7.06. The van der Waals surface area contributed by atoms with Gasteiger partial charge in [0.15, 0.2) is 0 Å². The van der Waals surface area contributed by atoms with Crippen molar-refractivity contribution in [2.75, 3.05) is 6.54 Å². The van der Waals surface area contributed by atoms with E-state index >= 15 is 0 Å². The number of hydrogen-bond donors (Lipinski definition) is 1. The lowest BCUT2D eigenvalue weighted by molar-refractivity contribution is -0.135. The standard InChI is InChI=1S/C15H24N2OS/c1-12(2)17(11-13-7-6-10-19-13)15(18)14-8-4-3-5-9-16-14/h6-7,10,12,14,16H,3-5,8-9,11H2,1-2H3. The Labute approximate surface area is 120 Å². The van der Waals surface area contributed by atoms with Crippen LogP contribution in [0, 0.1) is 0 Å². The number of hydrogen-bond acceptors (Lipinski definition) is 3. The third-order valence-electron chi connectivity index (χ3n) is 3.67. The van der Waals surface area contributed by atoms with Crippen LogP contribution < -0.4 is 5.32 Å². The zero-order valence-corrected chi connectivity index (χ0v) is 12.7. The Kier molecular flexibility index (Phi) is 5.40. The van der Waals surface area contributed by atoms with Gasteiger partial charge in [0.25, 0.3) is 0 Å². The minimum atomic E-state index is 0.0184. The molecule has 1 unspecified atom stereocenters. The Balaban J connectivity index is 2.02. The highest BCUT2D eigenvalue weighted by molar-refractivity contribution is 7.09. The summed E-state index contributed by atoms with van der Waals surface area (Å²) in [5.74, 6) is 0.269. The summed E-state index contributed by atoms with van der Waals surface area (Å²) in [5.41, 5.74) is 0. The molecule has 1 aliphatic heterocycles. The highest BCUT2D eigenvalue weighted by Crippen LogP contribution is 2.17. The van der Waals surface area contributed by atoms with Crippen molar-refractivity contribution in [2.45, 2.75) is 58.2 Å². The predicted molar refractivity (Wildman–Crippen MR) is 80.3 cm³/mol. The lowest BCUT2D eigenvalue weighted by Gasteiger charge is -2.30. The van der Waals surface area contributed by atoms with Crippen molar-refractivity contribution in [3.8, 4) is 0 Å². The van der Waals surface area contributed by atoms with Crippen molar-refractivity contribution in [3.63, 3.8) is 0 Å². The molecule has 0 aliphatic carbocycles. The zero-order chi connectivity index (χ0) is 13.7. The van der Waals surface area contributed by atoms with Gasteiger partial charge >= 0.3 is 0 Å². The molecular weight excluding hydrogens is 256 g/mol. The van der Waals surface area contributed by atoms with E-state index < -0.39 is 0 Å². The third-order valence-corrected chi connectivity index (χ3v) is 4.53. The molecular formula is C15H24N2OS. The van der Waals surface area contributed by atoms with Gasteiger partial charge in [-0.2, -0.15) is 0 Å². The van der Waals surface area contributed by atoms with Crippen molar-refractivity contribution >= 4 is 17.2 Å². The maximum absolute atomic E-state index is 12.7. The van der Waals surface area contributed by atoms with Crippen molar-refractivity contribution in [2.24, 2.45) is 0 Å². The first-order valence-electron chi connectivity index (χ1n) is 7.24. The molecule has 0 radical (unpaired) electrons. The van der Waals surface area contributed by atoms with E-state index in [1.807, 2.05) is 11.0 Å². The summed E-state index contributed by atoms with van der Waals surface area (Å²) in [6.45, 7) is 5.91. The molecule has 1 atom stereocenters. The number of carbonyl (C=O) groups excluding carboxylic acids is 1. The molecule has 0 saturated carbocycles. The Morgan fingerprint density at radius 1 is 1.47 bits per heavy atom. The average Bonchev–Trinajstić information content (AvgIpc) is 2.74. The summed E-state index contributed by atoms with van der Waals surface area (Å²) < 4.78 is 0. The van der Waals surface area contributed by atoms with Gasteiger partial charge in [-0.1, -0.05) is 18.9 Å². The number of amides is 1. The molecule has 0 spiro atoms. The van der Waals surface area contributed by atoms with E-state index in [1.54, 1.807) is 11.3 Å². The van der Waals surface area contributed by atoms with E-state index in [0.717, 1.165) is 25.9 Å². The average molecular weight is 280 g/mol. The Morgan fingerprint density at radius 3 is 3.00 bits per heavy atom. The van der Waals surface area contributed by atoms with Crippen LogP contribution in [0.25, 0.3) is 0 Å². The van der Waals surface area contributed by atoms with Gasteiger partial charge in [-0.05, 0) is 44.7 Å². The Morgan fingerprint density at radius 2 is 2.32 bits per heavy atom. The fraction of sp³-hybridized carbons (Fsp3) is 0.667. The van der Waals surface area contributed by atoms with E-state index in [2.05, 4.69) is 30.6 Å². The molecule has 106 valence electrons. The fourth-order valence-corrected chi connectivity index (χ4v) is 3.23. The number of nitrogens with zero attached hydrogens (tertiary/aromatic N) is 1. The number of thiophene rings is 1. The summed E-state index contributed by atoms with van der Waals surface area (Å²) in [5, 5.41) is 5.48. The first-order chi connectivity index (χ1) is 9.18. The van der Waals surface area contributed by atoms with Gasteiger partial charge in [-0.25, -0.2) is 0 Å². The van der Waals surface area contributed by atoms with Gasteiger partial charge in [0.2, 0.25) is 5.91 Å². The lowest BCUT2D eigenvalue weighted by atomic mass is 10.1. The molecule has 2 heterocycles. The van der Waals surface area contributed by atoms with Crippen LogP contribution in [0.1, 0.15) is 44.4 Å². The fourth-order valence-electron chi connectivity index (χ4n) is 2.52. The molecule has 1 N–H and O–H groups in total. The van der Waals surface area contributed by atoms with Crippen LogP contribution in [0.5, 0.6) is 0 Å². The second-order valence-corrected chi connectivity index (χ2v) is 6.53. The largest absolute Gasteiger partial charge is 0.334 e. The van der Waals surface area contributed by atoms with E-state index in [9.17, 15) is 4.79 Å². The molecule has 0 bridgehead atoms. The van der Waals surface area contributed by atoms with Crippen LogP contribution in [0.2, 0.25) is 0 Å². The first kappa shape index (κ1) is 14.5. The van der Waals surface area contributed by atoms with E-state index in [1.165, 1.54) is 17.7 Å². The molecule has 1 fully saturated rings. The maximum Gasteiger partial charge on any atom is 0.240 e. The van der Waals surface area contributed by atoms with E-state index in [4.69, 9.17) is 0 Å². The maximum atomic E-state index is 12.7. The topological polar surface area (TPSA) is 32.3 Å². The van der Waals surface area contributed by atoms with Crippen LogP contribution in [0.3, 0.4) is 0 Å². The molecule has 3 nitrogen and oxygen atoms in total. The lowest BCUT2D eigenvalue weighted by Crippen LogP contribution is -2.48. The molecule has 19 heavy (non-hydrogen) atoms. The van der Waals surface area contributed by atoms with Crippen molar-refractivity contribution < 1.29 is 4.79 Å². The van der Waals surface area contributed by atoms with Gasteiger partial charge in [0.05, 0.1) is 12.6 Å². The van der Waals surface area contributed by atoms with Crippen LogP contribution in [-0.2, 0) is 11.3 Å². The molecule has 4 heteroatoms. The minimum absolute atomic E-state index is 0.0184. The number of carbonyl (C=O) groups is 1. The van der Waals surface area contributed by atoms with Gasteiger partial charge in [-0.3, -0.25) is 4.79 Å². The first-order valence-corrected chi connectivity index (χ1v) is 8.12. The predicted octanol–water partition coefficient (Wildman–Crippen LogP) is 3.02. The zero-order valence-electron chi connectivity index (χ0n) is 11.9. The molecule has 0 aromatic carbocycles. The Hall–Kier alpha value is -0.870. The minimum Gasteiger partial charge on any atom is -0.334 e. The second-order valence-electron chi connectivity index (χ2n) is 5.50. The van der Waals surface area contributed by atoms with E-state index in [-0.39, 0.29) is 18.0 Å². The van der Waals surface area contributed by atoms with Crippen molar-refractivity contribution in [1.29, 1.82) is 0 Å². The molecule has 1 aliphatic rings. The highest BCUT2D eigenvalue weighted by atomic mass is 32.1. The molecule has 1 amide bonds. The van der Waals surface area contributed by atoms with Crippen LogP contribution in [0.15, 0.2) is 17.5 Å². The van der Waals surface area contributed by atoms with Gasteiger partial charge in [0, 0.05) is 10.9 Å². The van der Waals surface area contributed by atoms with Gasteiger partial charge in [-0.15, -0.1) is 11.3 Å². The van der Waals surface area contributed by atoms with Crippen molar-refractivity contribution in [3.05, 3.63) is 22.4 Å². The van der Waals surface area contributed by atoms with Crippen molar-refractivity contribution in [1.82, 2.24) is 10.2 Å². The normalized spacial score (nSPS) is 20.3. The van der Waals surface area contributed by atoms with Crippen LogP contribution in [-0.4, -0.2) is 29.4 Å². The monoisotopic (exact) mass is 280 g/mol. The smallest absolute Gasteiger partial charge is 0.240 e. The number of nitrogens with one attached hydrogen (secondary N) is 1. The van der Waals surface area contributed by atoms with Gasteiger partial charge in [0.1, 0.15) is 0 Å². The summed E-state index contributed by atoms with van der Waals surface area (Å²) in [6, 6.07) is 4.42. The van der Waals surface area contributed by atoms with E-state index in [0.29, 0.717) is 0 Å². The summed E-state index contributed by atoms with van der Waals surface area (Å²) >= 11 is 1.72. The third kappa shape index (κ3) is 4.05. The summed E-state index contributed by atoms with van der Waals surface area (Å²) in [4.78, 5) is 16.0. The SMILES string of the molecule is CC(C)N(Cc1cccs1)C(=O)C1CCCCCN1. The number of rotatable bonds is 4. The summed E-state index contributed by atoms with van der Waals surface area (Å²) in [6.07, 6.45) is 4.57. The molecule has 2 rings (SSSR count). The van der Waals surface area contributed by atoms with Gasteiger partial charge < -0.3 is 10.2 Å². The van der Waals surface area contributed by atoms with Crippen LogP contribution >= 0.6 is 11.3 Å².